The summed E-state index contributed by atoms with van der Waals surface area (Å²) in [5.74, 6) is 0.851. The third kappa shape index (κ3) is 6.60. The van der Waals surface area contributed by atoms with Crippen molar-refractivity contribution in [1.82, 2.24) is 4.57 Å². The number of carbonyl (C=O) groups is 1. The van der Waals surface area contributed by atoms with Gasteiger partial charge in [0.15, 0.2) is 16.3 Å². The number of carbonyl (C=O) groups excluding carboxylic acids is 1. The maximum atomic E-state index is 14.0. The normalized spacial score (nSPS) is 14.7. The number of benzene rings is 3. The zero-order valence-electron chi connectivity index (χ0n) is 25.1. The summed E-state index contributed by atoms with van der Waals surface area (Å²) in [6.45, 7) is 7.98. The van der Waals surface area contributed by atoms with Gasteiger partial charge in [-0.05, 0) is 86.9 Å². The fourth-order valence-electron chi connectivity index (χ4n) is 4.87. The first kappa shape index (κ1) is 30.7. The van der Waals surface area contributed by atoms with Crippen molar-refractivity contribution in [3.05, 3.63) is 120 Å². The van der Waals surface area contributed by atoms with Crippen molar-refractivity contribution in [1.29, 1.82) is 0 Å². The van der Waals surface area contributed by atoms with E-state index in [0.29, 0.717) is 50.0 Å². The zero-order valence-corrected chi connectivity index (χ0v) is 25.9. The molecule has 1 atom stereocenters. The van der Waals surface area contributed by atoms with Crippen LogP contribution in [0.1, 0.15) is 50.4 Å². The molecule has 0 fully saturated rings. The first-order valence-corrected chi connectivity index (χ1v) is 15.0. The predicted octanol–water partition coefficient (Wildman–Crippen LogP) is 5.31. The Kier molecular flexibility index (Phi) is 9.29. The second kappa shape index (κ2) is 13.3. The van der Waals surface area contributed by atoms with E-state index in [1.807, 2.05) is 37.3 Å². The highest BCUT2D eigenvalue weighted by Crippen LogP contribution is 2.32. The molecule has 0 spiro atoms. The van der Waals surface area contributed by atoms with Crippen molar-refractivity contribution in [3.63, 3.8) is 0 Å². The number of fused-ring (bicyclic) bond motifs is 1. The van der Waals surface area contributed by atoms with E-state index in [1.165, 1.54) is 30.6 Å². The molecule has 8 nitrogen and oxygen atoms in total. The van der Waals surface area contributed by atoms with Crippen molar-refractivity contribution in [3.8, 4) is 17.2 Å². The molecular formula is C34H33FN2O6S. The molecule has 0 radical (unpaired) electrons. The minimum absolute atomic E-state index is 0.237. The van der Waals surface area contributed by atoms with E-state index in [1.54, 1.807) is 55.7 Å². The molecular weight excluding hydrogens is 583 g/mol. The molecule has 228 valence electrons. The van der Waals surface area contributed by atoms with Gasteiger partial charge in [-0.2, -0.15) is 0 Å². The van der Waals surface area contributed by atoms with Crippen LogP contribution in [0.15, 0.2) is 87.8 Å². The number of rotatable bonds is 10. The van der Waals surface area contributed by atoms with E-state index < -0.39 is 12.0 Å². The Bertz CT molecular complexity index is 1870. The Morgan fingerprint density at radius 3 is 2.43 bits per heavy atom. The molecule has 3 aromatic carbocycles. The summed E-state index contributed by atoms with van der Waals surface area (Å²) >= 11 is 1.24. The van der Waals surface area contributed by atoms with Gasteiger partial charge in [-0.15, -0.1) is 0 Å². The molecule has 0 unspecified atom stereocenters. The van der Waals surface area contributed by atoms with Gasteiger partial charge in [0.05, 0.1) is 41.7 Å². The van der Waals surface area contributed by atoms with Gasteiger partial charge in [0, 0.05) is 0 Å². The molecule has 1 aromatic heterocycles. The Morgan fingerprint density at radius 2 is 1.77 bits per heavy atom. The number of ether oxygens (including phenoxy) is 4. The smallest absolute Gasteiger partial charge is 0.338 e. The number of thiazole rings is 1. The maximum Gasteiger partial charge on any atom is 0.338 e. The first-order valence-electron chi connectivity index (χ1n) is 14.2. The van der Waals surface area contributed by atoms with Gasteiger partial charge in [0.25, 0.3) is 5.56 Å². The van der Waals surface area contributed by atoms with Crippen molar-refractivity contribution in [2.45, 2.75) is 46.4 Å². The van der Waals surface area contributed by atoms with Gasteiger partial charge in [0.2, 0.25) is 0 Å². The molecule has 1 aliphatic rings. The lowest BCUT2D eigenvalue weighted by atomic mass is 9.96. The van der Waals surface area contributed by atoms with Crippen LogP contribution < -0.4 is 29.1 Å². The van der Waals surface area contributed by atoms with Crippen LogP contribution in [0.25, 0.3) is 6.08 Å². The summed E-state index contributed by atoms with van der Waals surface area (Å²) in [5.41, 5.74) is 2.78. The molecule has 1 aliphatic heterocycles. The topological polar surface area (TPSA) is 88.4 Å². The number of esters is 1. The number of aromatic nitrogens is 1. The standard InChI is InChI=1S/C34H33FN2O6S/c1-6-41-26-14-10-24(11-15-26)31-30(33(39)43-20(2)3)21(4)36-34-37(31)32(38)29(44-34)18-23-9-16-27(28(17-23)40-5)42-19-22-7-12-25(35)13-8-22/h7-18,20,31H,6,19H2,1-5H3/b29-18+/t31-/m1/s1. The molecule has 0 amide bonds. The fraction of sp³-hybridized carbons (Fsp3) is 0.265. The lowest BCUT2D eigenvalue weighted by Crippen LogP contribution is -2.40. The van der Waals surface area contributed by atoms with Gasteiger partial charge in [-0.25, -0.2) is 14.2 Å². The molecule has 0 saturated carbocycles. The van der Waals surface area contributed by atoms with E-state index in [2.05, 4.69) is 4.99 Å². The van der Waals surface area contributed by atoms with E-state index in [-0.39, 0.29) is 24.1 Å². The Labute approximate surface area is 258 Å². The first-order chi connectivity index (χ1) is 21.2. The highest BCUT2D eigenvalue weighted by molar-refractivity contribution is 7.07. The summed E-state index contributed by atoms with van der Waals surface area (Å²) in [5, 5.41) is 0. The highest BCUT2D eigenvalue weighted by atomic mass is 32.1. The summed E-state index contributed by atoms with van der Waals surface area (Å²) < 4.78 is 37.9. The molecule has 5 rings (SSSR count). The average molecular weight is 617 g/mol. The van der Waals surface area contributed by atoms with Crippen LogP contribution in [0.4, 0.5) is 4.39 Å². The number of halogens is 1. The van der Waals surface area contributed by atoms with Crippen LogP contribution in [0, 0.1) is 5.82 Å². The van der Waals surface area contributed by atoms with Crippen molar-refractivity contribution in [2.24, 2.45) is 4.99 Å². The molecule has 0 saturated heterocycles. The fourth-order valence-corrected chi connectivity index (χ4v) is 5.92. The van der Waals surface area contributed by atoms with Gasteiger partial charge < -0.3 is 18.9 Å². The minimum atomic E-state index is -0.730. The van der Waals surface area contributed by atoms with E-state index >= 15 is 0 Å². The average Bonchev–Trinajstić information content (AvgIpc) is 3.30. The van der Waals surface area contributed by atoms with E-state index in [9.17, 15) is 14.0 Å². The summed E-state index contributed by atoms with van der Waals surface area (Å²) in [7, 11) is 1.54. The lowest BCUT2D eigenvalue weighted by Gasteiger charge is -2.25. The Morgan fingerprint density at radius 1 is 1.05 bits per heavy atom. The molecule has 44 heavy (non-hydrogen) atoms. The molecule has 2 heterocycles. The SMILES string of the molecule is CCOc1ccc([C@@H]2C(C(=O)OC(C)C)=C(C)N=c3s/c(=C/c4ccc(OCc5ccc(F)cc5)c(OC)c4)c(=O)n32)cc1. The van der Waals surface area contributed by atoms with Crippen LogP contribution in [0.3, 0.4) is 0 Å². The molecule has 10 heteroatoms. The summed E-state index contributed by atoms with van der Waals surface area (Å²) in [6, 6.07) is 18.1. The Balaban J connectivity index is 1.53. The molecule has 4 aromatic rings. The van der Waals surface area contributed by atoms with Crippen molar-refractivity contribution in [2.75, 3.05) is 13.7 Å². The van der Waals surface area contributed by atoms with Crippen molar-refractivity contribution < 1.29 is 28.1 Å². The quantitative estimate of drug-likeness (QED) is 0.225. The Hall–Kier alpha value is -4.70. The largest absolute Gasteiger partial charge is 0.494 e. The van der Waals surface area contributed by atoms with Gasteiger partial charge in [0.1, 0.15) is 18.2 Å². The van der Waals surface area contributed by atoms with Gasteiger partial charge in [-0.1, -0.05) is 41.7 Å². The second-order valence-electron chi connectivity index (χ2n) is 10.4. The van der Waals surface area contributed by atoms with Crippen molar-refractivity contribution >= 4 is 23.4 Å². The number of nitrogens with zero attached hydrogens (tertiary/aromatic N) is 2. The van der Waals surface area contributed by atoms with Crippen LogP contribution in [-0.4, -0.2) is 30.4 Å². The lowest BCUT2D eigenvalue weighted by molar-refractivity contribution is -0.143. The summed E-state index contributed by atoms with van der Waals surface area (Å²) in [6.07, 6.45) is 1.42. The van der Waals surface area contributed by atoms with E-state index in [4.69, 9.17) is 18.9 Å². The van der Waals surface area contributed by atoms with Gasteiger partial charge >= 0.3 is 5.97 Å². The number of hydrogen-bond acceptors (Lipinski definition) is 8. The predicted molar refractivity (Wildman–Crippen MR) is 166 cm³/mol. The number of allylic oxidation sites excluding steroid dienone is 1. The monoisotopic (exact) mass is 616 g/mol. The number of methoxy groups -OCH3 is 1. The van der Waals surface area contributed by atoms with E-state index in [0.717, 1.165) is 11.1 Å². The molecule has 0 N–H and O–H groups in total. The zero-order chi connectivity index (χ0) is 31.4. The van der Waals surface area contributed by atoms with Crippen LogP contribution >= 0.6 is 11.3 Å². The minimum Gasteiger partial charge on any atom is -0.494 e. The third-order valence-electron chi connectivity index (χ3n) is 6.88. The second-order valence-corrected chi connectivity index (χ2v) is 11.4. The number of hydrogen-bond donors (Lipinski definition) is 0. The summed E-state index contributed by atoms with van der Waals surface area (Å²) in [4.78, 5) is 32.4. The molecule has 0 aliphatic carbocycles. The molecule has 0 bridgehead atoms. The maximum absolute atomic E-state index is 14.0. The van der Waals surface area contributed by atoms with Crippen LogP contribution in [0.5, 0.6) is 17.2 Å². The highest BCUT2D eigenvalue weighted by Gasteiger charge is 2.33. The third-order valence-corrected chi connectivity index (χ3v) is 7.87. The van der Waals surface area contributed by atoms with Crippen LogP contribution in [0.2, 0.25) is 0 Å². The van der Waals surface area contributed by atoms with Gasteiger partial charge in [-0.3, -0.25) is 9.36 Å². The van der Waals surface area contributed by atoms with Crippen LogP contribution in [-0.2, 0) is 16.1 Å².